The zero-order chi connectivity index (χ0) is 19.0. The molecule has 4 rings (SSSR count). The third-order valence-corrected chi connectivity index (χ3v) is 4.39. The first kappa shape index (κ1) is 17.1. The summed E-state index contributed by atoms with van der Waals surface area (Å²) in [4.78, 5) is 25.8. The van der Waals surface area contributed by atoms with Gasteiger partial charge in [0, 0.05) is 23.5 Å². The van der Waals surface area contributed by atoms with Gasteiger partial charge >= 0.3 is 0 Å². The molecular formula is C20H12ClFN4O. The summed E-state index contributed by atoms with van der Waals surface area (Å²) in [5.41, 5.74) is 0.636. The van der Waals surface area contributed by atoms with E-state index in [9.17, 15) is 9.18 Å². The first-order valence-corrected chi connectivity index (χ1v) is 8.38. The highest BCUT2D eigenvalue weighted by Gasteiger charge is 2.20. The summed E-state index contributed by atoms with van der Waals surface area (Å²) in [7, 11) is 0. The Labute approximate surface area is 158 Å². The summed E-state index contributed by atoms with van der Waals surface area (Å²) in [5, 5.41) is 0.340. The van der Waals surface area contributed by atoms with Gasteiger partial charge in [0.25, 0.3) is 5.56 Å². The SMILES string of the molecule is C=C(c1ccccc1F)c1nc2nccnc2c(=O)n1-c1ccccc1Cl. The first-order chi connectivity index (χ1) is 13.1. The normalized spacial score (nSPS) is 10.9. The Morgan fingerprint density at radius 2 is 1.74 bits per heavy atom. The molecule has 0 atom stereocenters. The van der Waals surface area contributed by atoms with Crippen LogP contribution in [0.4, 0.5) is 4.39 Å². The minimum absolute atomic E-state index is 0.0857. The van der Waals surface area contributed by atoms with E-state index in [2.05, 4.69) is 21.5 Å². The van der Waals surface area contributed by atoms with Gasteiger partial charge in [0.15, 0.2) is 11.2 Å². The highest BCUT2D eigenvalue weighted by atomic mass is 35.5. The summed E-state index contributed by atoms with van der Waals surface area (Å²) in [6.07, 6.45) is 2.85. The van der Waals surface area contributed by atoms with Gasteiger partial charge in [-0.15, -0.1) is 0 Å². The zero-order valence-electron chi connectivity index (χ0n) is 13.9. The molecule has 0 spiro atoms. The number of fused-ring (bicyclic) bond motifs is 1. The second-order valence-electron chi connectivity index (χ2n) is 5.71. The standard InChI is InChI=1S/C20H12ClFN4O/c1-12(13-6-2-4-8-15(13)22)19-25-18-17(23-10-11-24-18)20(27)26(19)16-9-5-3-7-14(16)21/h2-11H,1H2. The number of nitrogens with zero attached hydrogens (tertiary/aromatic N) is 4. The minimum Gasteiger partial charge on any atom is -0.266 e. The monoisotopic (exact) mass is 378 g/mol. The lowest BCUT2D eigenvalue weighted by Gasteiger charge is -2.16. The molecule has 7 heteroatoms. The van der Waals surface area contributed by atoms with Crippen molar-refractivity contribution in [2.24, 2.45) is 0 Å². The average molecular weight is 379 g/mol. The molecule has 0 bridgehead atoms. The van der Waals surface area contributed by atoms with Gasteiger partial charge in [-0.05, 0) is 18.2 Å². The van der Waals surface area contributed by atoms with E-state index >= 15 is 0 Å². The van der Waals surface area contributed by atoms with Crippen LogP contribution in [-0.2, 0) is 0 Å². The van der Waals surface area contributed by atoms with E-state index in [1.165, 1.54) is 23.0 Å². The van der Waals surface area contributed by atoms with E-state index in [-0.39, 0.29) is 28.1 Å². The second-order valence-corrected chi connectivity index (χ2v) is 6.12. The summed E-state index contributed by atoms with van der Waals surface area (Å²) in [5.74, 6) is -0.326. The van der Waals surface area contributed by atoms with Crippen LogP contribution in [0.3, 0.4) is 0 Å². The van der Waals surface area contributed by atoms with Gasteiger partial charge in [-0.3, -0.25) is 9.36 Å². The third-order valence-electron chi connectivity index (χ3n) is 4.07. The van der Waals surface area contributed by atoms with Gasteiger partial charge in [-0.25, -0.2) is 19.3 Å². The smallest absolute Gasteiger partial charge is 0.266 e. The molecule has 2 heterocycles. The predicted molar refractivity (Wildman–Crippen MR) is 102 cm³/mol. The fourth-order valence-corrected chi connectivity index (χ4v) is 3.02. The van der Waals surface area contributed by atoms with Gasteiger partial charge in [-0.1, -0.05) is 48.5 Å². The molecule has 4 aromatic rings. The maximum Gasteiger partial charge on any atom is 0.286 e. The first-order valence-electron chi connectivity index (χ1n) is 8.01. The predicted octanol–water partition coefficient (Wildman–Crippen LogP) is 4.03. The van der Waals surface area contributed by atoms with Crippen molar-refractivity contribution in [2.45, 2.75) is 0 Å². The van der Waals surface area contributed by atoms with Gasteiger partial charge < -0.3 is 0 Å². The molecular weight excluding hydrogens is 367 g/mol. The van der Waals surface area contributed by atoms with E-state index in [0.29, 0.717) is 10.7 Å². The molecule has 0 saturated heterocycles. The van der Waals surface area contributed by atoms with Crippen LogP contribution < -0.4 is 5.56 Å². The van der Waals surface area contributed by atoms with Crippen molar-refractivity contribution in [3.05, 3.63) is 100 Å². The molecule has 0 aliphatic heterocycles. The molecule has 27 heavy (non-hydrogen) atoms. The van der Waals surface area contributed by atoms with Crippen molar-refractivity contribution in [1.29, 1.82) is 0 Å². The number of rotatable bonds is 3. The maximum atomic E-state index is 14.3. The fourth-order valence-electron chi connectivity index (χ4n) is 2.80. The van der Waals surface area contributed by atoms with Crippen LogP contribution in [0.5, 0.6) is 0 Å². The quantitative estimate of drug-likeness (QED) is 0.540. The summed E-state index contributed by atoms with van der Waals surface area (Å²) in [6, 6.07) is 13.0. The number of hydrogen-bond acceptors (Lipinski definition) is 4. The second kappa shape index (κ2) is 6.74. The van der Waals surface area contributed by atoms with Crippen molar-refractivity contribution in [3.8, 4) is 5.69 Å². The fraction of sp³-hybridized carbons (Fsp3) is 0. The third kappa shape index (κ3) is 2.90. The van der Waals surface area contributed by atoms with Crippen LogP contribution in [0, 0.1) is 5.82 Å². The Kier molecular flexibility index (Phi) is 4.25. The van der Waals surface area contributed by atoms with E-state index in [4.69, 9.17) is 11.6 Å². The Morgan fingerprint density at radius 1 is 1.04 bits per heavy atom. The molecule has 0 unspecified atom stereocenters. The Morgan fingerprint density at radius 3 is 2.52 bits per heavy atom. The lowest BCUT2D eigenvalue weighted by atomic mass is 10.1. The highest BCUT2D eigenvalue weighted by Crippen LogP contribution is 2.27. The van der Waals surface area contributed by atoms with Crippen molar-refractivity contribution < 1.29 is 4.39 Å². The molecule has 0 aliphatic rings. The molecule has 5 nitrogen and oxygen atoms in total. The Bertz CT molecular complexity index is 1250. The average Bonchev–Trinajstić information content (AvgIpc) is 2.69. The molecule has 0 saturated carbocycles. The Balaban J connectivity index is 2.09. The molecule has 2 aromatic carbocycles. The number of para-hydroxylation sites is 1. The van der Waals surface area contributed by atoms with Crippen LogP contribution in [0.25, 0.3) is 22.4 Å². The van der Waals surface area contributed by atoms with Crippen LogP contribution in [0.2, 0.25) is 5.02 Å². The van der Waals surface area contributed by atoms with Crippen molar-refractivity contribution >= 4 is 28.3 Å². The lowest BCUT2D eigenvalue weighted by Crippen LogP contribution is -2.25. The molecule has 0 fully saturated rings. The van der Waals surface area contributed by atoms with Gasteiger partial charge in [0.05, 0.1) is 10.7 Å². The van der Waals surface area contributed by atoms with Crippen LogP contribution in [-0.4, -0.2) is 19.5 Å². The van der Waals surface area contributed by atoms with Crippen molar-refractivity contribution in [1.82, 2.24) is 19.5 Å². The van der Waals surface area contributed by atoms with E-state index in [1.54, 1.807) is 42.5 Å². The molecule has 132 valence electrons. The molecule has 0 amide bonds. The van der Waals surface area contributed by atoms with Crippen LogP contribution in [0.15, 0.2) is 72.3 Å². The van der Waals surface area contributed by atoms with Crippen LogP contribution >= 0.6 is 11.6 Å². The number of hydrogen-bond donors (Lipinski definition) is 0. The zero-order valence-corrected chi connectivity index (χ0v) is 14.7. The Hall–Kier alpha value is -3.38. The number of aromatic nitrogens is 4. The molecule has 0 N–H and O–H groups in total. The molecule has 0 aliphatic carbocycles. The van der Waals surface area contributed by atoms with E-state index < -0.39 is 11.4 Å². The van der Waals surface area contributed by atoms with Gasteiger partial charge in [-0.2, -0.15) is 0 Å². The summed E-state index contributed by atoms with van der Waals surface area (Å²) in [6.45, 7) is 3.97. The molecule has 2 aromatic heterocycles. The lowest BCUT2D eigenvalue weighted by molar-refractivity contribution is 0.624. The highest BCUT2D eigenvalue weighted by molar-refractivity contribution is 6.32. The van der Waals surface area contributed by atoms with E-state index in [1.807, 2.05) is 0 Å². The number of halogens is 2. The summed E-state index contributed by atoms with van der Waals surface area (Å²) >= 11 is 6.31. The van der Waals surface area contributed by atoms with Crippen molar-refractivity contribution in [3.63, 3.8) is 0 Å². The van der Waals surface area contributed by atoms with Gasteiger partial charge in [0.2, 0.25) is 0 Å². The van der Waals surface area contributed by atoms with E-state index in [0.717, 1.165) is 0 Å². The van der Waals surface area contributed by atoms with Crippen molar-refractivity contribution in [2.75, 3.05) is 0 Å². The van der Waals surface area contributed by atoms with Gasteiger partial charge in [0.1, 0.15) is 11.6 Å². The number of benzene rings is 2. The molecule has 0 radical (unpaired) electrons. The minimum atomic E-state index is -0.471. The largest absolute Gasteiger partial charge is 0.286 e. The van der Waals surface area contributed by atoms with Crippen LogP contribution in [0.1, 0.15) is 11.4 Å². The maximum absolute atomic E-state index is 14.3. The topological polar surface area (TPSA) is 60.7 Å². The summed E-state index contributed by atoms with van der Waals surface area (Å²) < 4.78 is 15.6.